The van der Waals surface area contributed by atoms with Gasteiger partial charge in [-0.3, -0.25) is 0 Å². The zero-order chi connectivity index (χ0) is 12.3. The molecule has 0 aliphatic rings. The monoisotopic (exact) mass is 263 g/mol. The summed E-state index contributed by atoms with van der Waals surface area (Å²) in [5.74, 6) is 1.56. The fourth-order valence-electron chi connectivity index (χ4n) is 1.52. The molecule has 0 aliphatic heterocycles. The van der Waals surface area contributed by atoms with E-state index in [-0.39, 0.29) is 0 Å². The van der Waals surface area contributed by atoms with Crippen LogP contribution in [0.15, 0.2) is 35.4 Å². The van der Waals surface area contributed by atoms with Crippen LogP contribution >= 0.6 is 23.1 Å². The Kier molecular flexibility index (Phi) is 4.24. The minimum atomic E-state index is 0.588. The van der Waals surface area contributed by atoms with Crippen molar-refractivity contribution in [2.45, 2.75) is 37.3 Å². The molecule has 0 spiro atoms. The molecule has 0 saturated carbocycles. The van der Waals surface area contributed by atoms with E-state index in [1.54, 1.807) is 0 Å². The van der Waals surface area contributed by atoms with Crippen LogP contribution in [-0.4, -0.2) is 4.98 Å². The third-order valence-corrected chi connectivity index (χ3v) is 5.25. The average molecular weight is 263 g/mol. The van der Waals surface area contributed by atoms with E-state index in [0.717, 1.165) is 5.75 Å². The molecule has 3 heteroatoms. The molecule has 0 aliphatic carbocycles. The number of rotatable bonds is 4. The van der Waals surface area contributed by atoms with Crippen LogP contribution in [0.3, 0.4) is 0 Å². The number of hydrogen-bond donors (Lipinski definition) is 0. The summed E-state index contributed by atoms with van der Waals surface area (Å²) < 4.78 is 0. The first kappa shape index (κ1) is 12.7. The Balaban J connectivity index is 2.00. The van der Waals surface area contributed by atoms with Crippen molar-refractivity contribution in [3.05, 3.63) is 45.9 Å². The van der Waals surface area contributed by atoms with E-state index >= 15 is 0 Å². The van der Waals surface area contributed by atoms with Crippen LogP contribution in [0.1, 0.15) is 35.2 Å². The van der Waals surface area contributed by atoms with Crippen LogP contribution in [0, 0.1) is 6.92 Å². The summed E-state index contributed by atoms with van der Waals surface area (Å²) in [5, 5.41) is 1.22. The number of hydrogen-bond acceptors (Lipinski definition) is 3. The lowest BCUT2D eigenvalue weighted by Gasteiger charge is -2.02. The molecule has 1 nitrogen and oxygen atoms in total. The standard InChI is InChI=1S/C14H17NS2/c1-10(2)13-8-15-14(17-13)9-16-12-7-5-4-6-11(12)3/h4-8,10H,9H2,1-3H3. The van der Waals surface area contributed by atoms with Gasteiger partial charge in [0.2, 0.25) is 0 Å². The van der Waals surface area contributed by atoms with E-state index in [4.69, 9.17) is 0 Å². The van der Waals surface area contributed by atoms with Crippen molar-refractivity contribution in [1.29, 1.82) is 0 Å². The first-order chi connectivity index (χ1) is 8.16. The van der Waals surface area contributed by atoms with E-state index in [2.05, 4.69) is 50.0 Å². The Morgan fingerprint density at radius 3 is 2.71 bits per heavy atom. The van der Waals surface area contributed by atoms with Gasteiger partial charge in [-0.05, 0) is 24.5 Å². The summed E-state index contributed by atoms with van der Waals surface area (Å²) >= 11 is 3.71. The highest BCUT2D eigenvalue weighted by atomic mass is 32.2. The maximum atomic E-state index is 4.48. The first-order valence-corrected chi connectivity index (χ1v) is 7.60. The van der Waals surface area contributed by atoms with Crippen LogP contribution in [-0.2, 0) is 5.75 Å². The fourth-order valence-corrected chi connectivity index (χ4v) is 3.47. The van der Waals surface area contributed by atoms with Crippen molar-refractivity contribution in [3.63, 3.8) is 0 Å². The maximum absolute atomic E-state index is 4.48. The summed E-state index contributed by atoms with van der Waals surface area (Å²) in [6, 6.07) is 8.51. The molecular weight excluding hydrogens is 246 g/mol. The van der Waals surface area contributed by atoms with Gasteiger partial charge in [-0.2, -0.15) is 0 Å². The third kappa shape index (κ3) is 3.33. The quantitative estimate of drug-likeness (QED) is 0.730. The number of thioether (sulfide) groups is 1. The van der Waals surface area contributed by atoms with Crippen molar-refractivity contribution in [3.8, 4) is 0 Å². The number of thiazole rings is 1. The zero-order valence-electron chi connectivity index (χ0n) is 10.4. The van der Waals surface area contributed by atoms with Crippen LogP contribution in [0.5, 0.6) is 0 Å². The largest absolute Gasteiger partial charge is 0.248 e. The van der Waals surface area contributed by atoms with E-state index in [1.807, 2.05) is 29.3 Å². The van der Waals surface area contributed by atoms with Crippen molar-refractivity contribution < 1.29 is 0 Å². The first-order valence-electron chi connectivity index (χ1n) is 5.80. The van der Waals surface area contributed by atoms with E-state index in [0.29, 0.717) is 5.92 Å². The van der Waals surface area contributed by atoms with Crippen molar-refractivity contribution in [2.24, 2.45) is 0 Å². The average Bonchev–Trinajstić information content (AvgIpc) is 2.77. The molecule has 0 radical (unpaired) electrons. The molecule has 1 heterocycles. The Hall–Kier alpha value is -0.800. The lowest BCUT2D eigenvalue weighted by molar-refractivity contribution is 0.885. The fraction of sp³-hybridized carbons (Fsp3) is 0.357. The SMILES string of the molecule is Cc1ccccc1SCc1ncc(C(C)C)s1. The molecule has 0 N–H and O–H groups in total. The molecule has 2 rings (SSSR count). The summed E-state index contributed by atoms with van der Waals surface area (Å²) in [6.07, 6.45) is 2.02. The molecular formula is C14H17NS2. The van der Waals surface area contributed by atoms with Gasteiger partial charge in [-0.1, -0.05) is 32.0 Å². The molecule has 0 amide bonds. The Morgan fingerprint density at radius 1 is 1.29 bits per heavy atom. The smallest absolute Gasteiger partial charge is 0.103 e. The van der Waals surface area contributed by atoms with Gasteiger partial charge >= 0.3 is 0 Å². The summed E-state index contributed by atoms with van der Waals surface area (Å²) in [6.45, 7) is 6.58. The van der Waals surface area contributed by atoms with Gasteiger partial charge in [0, 0.05) is 16.0 Å². The van der Waals surface area contributed by atoms with Crippen LogP contribution in [0.2, 0.25) is 0 Å². The van der Waals surface area contributed by atoms with Gasteiger partial charge in [0.25, 0.3) is 0 Å². The molecule has 0 atom stereocenters. The second-order valence-corrected chi connectivity index (χ2v) is 6.53. The molecule has 1 aromatic carbocycles. The lowest BCUT2D eigenvalue weighted by atomic mass is 10.2. The molecule has 0 fully saturated rings. The predicted octanol–water partition coefficient (Wildman–Crippen LogP) is 4.87. The highest BCUT2D eigenvalue weighted by molar-refractivity contribution is 7.98. The molecule has 17 heavy (non-hydrogen) atoms. The lowest BCUT2D eigenvalue weighted by Crippen LogP contribution is -1.81. The molecule has 2 aromatic rings. The highest BCUT2D eigenvalue weighted by Crippen LogP contribution is 2.29. The summed E-state index contributed by atoms with van der Waals surface area (Å²) in [5.41, 5.74) is 1.35. The number of aromatic nitrogens is 1. The van der Waals surface area contributed by atoms with Crippen LogP contribution in [0.25, 0.3) is 0 Å². The van der Waals surface area contributed by atoms with E-state index in [9.17, 15) is 0 Å². The van der Waals surface area contributed by atoms with Gasteiger partial charge in [-0.25, -0.2) is 4.98 Å². The van der Waals surface area contributed by atoms with Gasteiger partial charge < -0.3 is 0 Å². The second kappa shape index (κ2) is 5.69. The van der Waals surface area contributed by atoms with Gasteiger partial charge in [0.1, 0.15) is 5.01 Å². The summed E-state index contributed by atoms with van der Waals surface area (Å²) in [4.78, 5) is 7.22. The normalized spacial score (nSPS) is 11.1. The van der Waals surface area contributed by atoms with Crippen molar-refractivity contribution in [2.75, 3.05) is 0 Å². The van der Waals surface area contributed by atoms with E-state index in [1.165, 1.54) is 20.3 Å². The third-order valence-electron chi connectivity index (χ3n) is 2.59. The number of benzene rings is 1. The Labute approximate surface area is 111 Å². The summed E-state index contributed by atoms with van der Waals surface area (Å²) in [7, 11) is 0. The minimum Gasteiger partial charge on any atom is -0.248 e. The van der Waals surface area contributed by atoms with Gasteiger partial charge in [0.15, 0.2) is 0 Å². The highest BCUT2D eigenvalue weighted by Gasteiger charge is 2.06. The zero-order valence-corrected chi connectivity index (χ0v) is 12.1. The Morgan fingerprint density at radius 2 is 2.06 bits per heavy atom. The maximum Gasteiger partial charge on any atom is 0.103 e. The van der Waals surface area contributed by atoms with Gasteiger partial charge in [-0.15, -0.1) is 23.1 Å². The molecule has 90 valence electrons. The molecule has 0 unspecified atom stereocenters. The molecule has 0 saturated heterocycles. The molecule has 0 bridgehead atoms. The van der Waals surface area contributed by atoms with Crippen LogP contribution in [0.4, 0.5) is 0 Å². The predicted molar refractivity (Wildman–Crippen MR) is 76.9 cm³/mol. The van der Waals surface area contributed by atoms with Crippen molar-refractivity contribution >= 4 is 23.1 Å². The number of nitrogens with zero attached hydrogens (tertiary/aromatic N) is 1. The minimum absolute atomic E-state index is 0.588. The van der Waals surface area contributed by atoms with Crippen molar-refractivity contribution in [1.82, 2.24) is 4.98 Å². The number of aryl methyl sites for hydroxylation is 1. The van der Waals surface area contributed by atoms with Crippen LogP contribution < -0.4 is 0 Å². The topological polar surface area (TPSA) is 12.9 Å². The Bertz CT molecular complexity index is 488. The second-order valence-electron chi connectivity index (χ2n) is 4.37. The van der Waals surface area contributed by atoms with E-state index < -0.39 is 0 Å². The molecule has 1 aromatic heterocycles. The van der Waals surface area contributed by atoms with Gasteiger partial charge in [0.05, 0.1) is 5.75 Å².